The van der Waals surface area contributed by atoms with Crippen molar-refractivity contribution in [3.05, 3.63) is 59.3 Å². The zero-order valence-corrected chi connectivity index (χ0v) is 18.8. The summed E-state index contributed by atoms with van der Waals surface area (Å²) in [5, 5.41) is 1.12. The third-order valence-electron chi connectivity index (χ3n) is 6.75. The minimum atomic E-state index is -0.598. The molecule has 0 spiro atoms. The fourth-order valence-corrected chi connectivity index (χ4v) is 5.27. The van der Waals surface area contributed by atoms with Gasteiger partial charge in [-0.25, -0.2) is 0 Å². The Morgan fingerprint density at radius 3 is 2.56 bits per heavy atom. The molecule has 2 aliphatic rings. The first kappa shape index (κ1) is 20.4. The molecule has 32 heavy (non-hydrogen) atoms. The van der Waals surface area contributed by atoms with E-state index in [-0.39, 0.29) is 18.4 Å². The third kappa shape index (κ3) is 2.95. The predicted octanol–water partition coefficient (Wildman–Crippen LogP) is 3.22. The van der Waals surface area contributed by atoms with Crippen LogP contribution in [0.5, 0.6) is 11.5 Å². The lowest BCUT2D eigenvalue weighted by molar-refractivity contribution is -0.164. The summed E-state index contributed by atoms with van der Waals surface area (Å²) >= 11 is 0. The number of carbonyl (C=O) groups excluding carboxylic acids is 2. The number of nitrogens with one attached hydrogen (secondary N) is 1. The third-order valence-corrected chi connectivity index (χ3v) is 6.75. The van der Waals surface area contributed by atoms with E-state index in [1.165, 1.54) is 0 Å². The van der Waals surface area contributed by atoms with E-state index in [4.69, 9.17) is 9.47 Å². The first-order valence-electron chi connectivity index (χ1n) is 10.8. The van der Waals surface area contributed by atoms with E-state index in [0.29, 0.717) is 24.5 Å². The molecule has 0 radical (unpaired) electrons. The molecule has 3 heterocycles. The highest BCUT2D eigenvalue weighted by atomic mass is 16.5. The molecule has 5 rings (SSSR count). The Morgan fingerprint density at radius 1 is 1.06 bits per heavy atom. The quantitative estimate of drug-likeness (QED) is 0.686. The lowest BCUT2D eigenvalue weighted by atomic mass is 9.82. The van der Waals surface area contributed by atoms with Gasteiger partial charge in [0.1, 0.15) is 12.6 Å². The first-order chi connectivity index (χ1) is 15.3. The van der Waals surface area contributed by atoms with E-state index in [1.54, 1.807) is 24.0 Å². The van der Waals surface area contributed by atoms with Gasteiger partial charge in [0.25, 0.3) is 0 Å². The maximum atomic E-state index is 13.6. The summed E-state index contributed by atoms with van der Waals surface area (Å²) in [6.07, 6.45) is 0.510. The smallest absolute Gasteiger partial charge is 0.246 e. The zero-order chi connectivity index (χ0) is 22.6. The van der Waals surface area contributed by atoms with Crippen molar-refractivity contribution in [1.82, 2.24) is 14.8 Å². The van der Waals surface area contributed by atoms with Crippen LogP contribution < -0.4 is 9.47 Å². The lowest BCUT2D eigenvalue weighted by Crippen LogP contribution is -2.66. The molecule has 1 fully saturated rings. The second-order valence-corrected chi connectivity index (χ2v) is 8.95. The molecule has 1 saturated heterocycles. The number of aromatic amines is 1. The zero-order valence-electron chi connectivity index (χ0n) is 18.8. The maximum Gasteiger partial charge on any atom is 0.246 e. The molecule has 1 N–H and O–H groups in total. The topological polar surface area (TPSA) is 74.9 Å². The summed E-state index contributed by atoms with van der Waals surface area (Å²) < 4.78 is 10.7. The highest BCUT2D eigenvalue weighted by molar-refractivity contribution is 5.97. The fraction of sp³-hybridized carbons (Fsp3) is 0.360. The normalized spacial score (nSPS) is 19.7. The molecule has 7 nitrogen and oxygen atoms in total. The molecule has 0 saturated carbocycles. The summed E-state index contributed by atoms with van der Waals surface area (Å²) in [6.45, 7) is 4.43. The van der Waals surface area contributed by atoms with Gasteiger partial charge in [0.05, 0.1) is 19.8 Å². The number of aromatic nitrogens is 1. The molecule has 1 aromatic heterocycles. The molecular formula is C25H27N3O4. The van der Waals surface area contributed by atoms with Crippen LogP contribution in [0.1, 0.15) is 30.7 Å². The fourth-order valence-electron chi connectivity index (χ4n) is 5.27. The van der Waals surface area contributed by atoms with Crippen molar-refractivity contribution in [2.24, 2.45) is 0 Å². The number of H-pyrrole nitrogens is 1. The van der Waals surface area contributed by atoms with E-state index in [9.17, 15) is 9.59 Å². The first-order valence-corrected chi connectivity index (χ1v) is 10.8. The number of ether oxygens (including phenoxy) is 2. The Kier molecular flexibility index (Phi) is 4.65. The minimum absolute atomic E-state index is 0.0246. The Bertz CT molecular complexity index is 1230. The molecule has 2 amide bonds. The number of benzene rings is 2. The number of hydrogen-bond donors (Lipinski definition) is 1. The van der Waals surface area contributed by atoms with Gasteiger partial charge in [-0.1, -0.05) is 24.3 Å². The maximum absolute atomic E-state index is 13.6. The van der Waals surface area contributed by atoms with Gasteiger partial charge in [0.15, 0.2) is 11.5 Å². The van der Waals surface area contributed by atoms with Crippen LogP contribution in [0.4, 0.5) is 0 Å². The minimum Gasteiger partial charge on any atom is -0.493 e. The van der Waals surface area contributed by atoms with Gasteiger partial charge in [0.2, 0.25) is 11.8 Å². The number of nitrogens with zero attached hydrogens (tertiary/aromatic N) is 2. The van der Waals surface area contributed by atoms with Crippen LogP contribution in [-0.4, -0.2) is 53.4 Å². The number of para-hydroxylation sites is 1. The van der Waals surface area contributed by atoms with Crippen molar-refractivity contribution in [2.45, 2.75) is 38.4 Å². The van der Waals surface area contributed by atoms with Gasteiger partial charge in [-0.05, 0) is 43.2 Å². The summed E-state index contributed by atoms with van der Waals surface area (Å²) in [4.78, 5) is 33.9. The van der Waals surface area contributed by atoms with Crippen LogP contribution in [0.15, 0.2) is 42.5 Å². The molecule has 0 bridgehead atoms. The predicted molar refractivity (Wildman–Crippen MR) is 121 cm³/mol. The average molecular weight is 434 g/mol. The summed E-state index contributed by atoms with van der Waals surface area (Å²) in [5.74, 6) is 1.17. The van der Waals surface area contributed by atoms with Crippen LogP contribution in [0.2, 0.25) is 0 Å². The van der Waals surface area contributed by atoms with Crippen molar-refractivity contribution >= 4 is 22.7 Å². The Balaban J connectivity index is 1.49. The number of piperazine rings is 1. The van der Waals surface area contributed by atoms with Crippen LogP contribution in [0, 0.1) is 0 Å². The molecule has 7 heteroatoms. The lowest BCUT2D eigenvalue weighted by Gasteiger charge is -2.51. The number of carbonyl (C=O) groups is 2. The second kappa shape index (κ2) is 7.29. The number of rotatable bonds is 4. The van der Waals surface area contributed by atoms with Gasteiger partial charge in [0, 0.05) is 29.6 Å². The average Bonchev–Trinajstić information content (AvgIpc) is 3.16. The van der Waals surface area contributed by atoms with Gasteiger partial charge in [-0.15, -0.1) is 0 Å². The SMILES string of the molecule is COc1ccc(CN2CC(=O)N3[C@@H](Cc4c([nH]c5ccccc45)C3(C)C)C2=O)cc1OC. The van der Waals surface area contributed by atoms with Gasteiger partial charge in [-0.3, -0.25) is 9.59 Å². The van der Waals surface area contributed by atoms with Crippen molar-refractivity contribution in [1.29, 1.82) is 0 Å². The number of amides is 2. The van der Waals surface area contributed by atoms with E-state index in [0.717, 1.165) is 27.7 Å². The highest BCUT2D eigenvalue weighted by Gasteiger charge is 2.51. The monoisotopic (exact) mass is 433 g/mol. The van der Waals surface area contributed by atoms with Gasteiger partial charge in [-0.2, -0.15) is 0 Å². The van der Waals surface area contributed by atoms with Gasteiger partial charge < -0.3 is 24.3 Å². The standard InChI is InChI=1S/C25H27N3O4/c1-25(2)23-17(16-7-5-6-8-18(16)26-23)12-19-24(30)27(14-22(29)28(19)25)13-15-9-10-20(31-3)21(11-15)32-4/h5-11,19,26H,12-14H2,1-4H3/t19-/m0/s1. The van der Waals surface area contributed by atoms with Crippen LogP contribution >= 0.6 is 0 Å². The number of methoxy groups -OCH3 is 2. The summed E-state index contributed by atoms with van der Waals surface area (Å²) in [7, 11) is 3.17. The largest absolute Gasteiger partial charge is 0.493 e. The second-order valence-electron chi connectivity index (χ2n) is 8.95. The molecule has 0 aliphatic carbocycles. The van der Waals surface area contributed by atoms with E-state index < -0.39 is 11.6 Å². The molecule has 1 atom stereocenters. The van der Waals surface area contributed by atoms with E-state index in [1.807, 2.05) is 50.2 Å². The van der Waals surface area contributed by atoms with E-state index in [2.05, 4.69) is 11.1 Å². The van der Waals surface area contributed by atoms with Crippen molar-refractivity contribution < 1.29 is 19.1 Å². The molecular weight excluding hydrogens is 406 g/mol. The van der Waals surface area contributed by atoms with Crippen molar-refractivity contribution in [3.8, 4) is 11.5 Å². The Hall–Kier alpha value is -3.48. The Morgan fingerprint density at radius 2 is 1.81 bits per heavy atom. The highest BCUT2D eigenvalue weighted by Crippen LogP contribution is 2.42. The molecule has 2 aromatic carbocycles. The summed E-state index contributed by atoms with van der Waals surface area (Å²) in [6, 6.07) is 13.2. The number of hydrogen-bond acceptors (Lipinski definition) is 4. The van der Waals surface area contributed by atoms with Crippen LogP contribution in [0.25, 0.3) is 10.9 Å². The number of fused-ring (bicyclic) bond motifs is 4. The van der Waals surface area contributed by atoms with E-state index >= 15 is 0 Å². The van der Waals surface area contributed by atoms with Crippen LogP contribution in [-0.2, 0) is 28.1 Å². The van der Waals surface area contributed by atoms with Crippen LogP contribution in [0.3, 0.4) is 0 Å². The molecule has 166 valence electrons. The Labute approximate surface area is 186 Å². The molecule has 3 aromatic rings. The van der Waals surface area contributed by atoms with Crippen molar-refractivity contribution in [3.63, 3.8) is 0 Å². The summed E-state index contributed by atoms with van der Waals surface area (Å²) in [5.41, 5.74) is 3.47. The molecule has 0 unspecified atom stereocenters. The van der Waals surface area contributed by atoms with Crippen molar-refractivity contribution in [2.75, 3.05) is 20.8 Å². The van der Waals surface area contributed by atoms with Gasteiger partial charge >= 0.3 is 0 Å². The molecule has 2 aliphatic heterocycles.